The zero-order valence-corrected chi connectivity index (χ0v) is 10.9. The van der Waals surface area contributed by atoms with Crippen LogP contribution in [0.2, 0.25) is 0 Å². The lowest BCUT2D eigenvalue weighted by Crippen LogP contribution is -1.76. The fourth-order valence-corrected chi connectivity index (χ4v) is 1.10. The second kappa shape index (κ2) is 10.3. The molecule has 0 radical (unpaired) electrons. The van der Waals surface area contributed by atoms with Crippen LogP contribution in [-0.4, -0.2) is 0 Å². The average molecular weight is 194 g/mol. The molecule has 0 aromatic heterocycles. The molecule has 0 fully saturated rings. The van der Waals surface area contributed by atoms with Gasteiger partial charge in [0.1, 0.15) is 0 Å². The predicted octanol–water partition coefficient (Wildman–Crippen LogP) is 5.28. The van der Waals surface area contributed by atoms with E-state index in [0.29, 0.717) is 0 Å². The van der Waals surface area contributed by atoms with Gasteiger partial charge in [0.15, 0.2) is 0 Å². The van der Waals surface area contributed by atoms with Gasteiger partial charge in [-0.2, -0.15) is 0 Å². The molecule has 1 rings (SSSR count). The number of rotatable bonds is 0. The van der Waals surface area contributed by atoms with E-state index >= 15 is 0 Å². The van der Waals surface area contributed by atoms with Crippen LogP contribution in [0.25, 0.3) is 0 Å². The second-order valence-corrected chi connectivity index (χ2v) is 2.90. The maximum absolute atomic E-state index is 2.27. The minimum Gasteiger partial charge on any atom is -0.0778 e. The fraction of sp³-hybridized carbons (Fsp3) is 0.571. The molecule has 14 heavy (non-hydrogen) atoms. The fourth-order valence-electron chi connectivity index (χ4n) is 1.10. The van der Waals surface area contributed by atoms with Crippen LogP contribution in [0.15, 0.2) is 34.9 Å². The molecule has 0 heteroatoms. The SMILES string of the molecule is CC.CC.CC1=CCC=C(C)C(C)=C1. The van der Waals surface area contributed by atoms with Crippen LogP contribution in [0.3, 0.4) is 0 Å². The van der Waals surface area contributed by atoms with Gasteiger partial charge in [0, 0.05) is 0 Å². The standard InChI is InChI=1S/C10H14.2C2H6/c1-8-5-4-6-9(2)10(3)7-8;2*1-2/h5-7H,4H2,1-3H3;2*1-2H3. The third-order valence-electron chi connectivity index (χ3n) is 1.93. The lowest BCUT2D eigenvalue weighted by atomic mass is 10.1. The molecule has 0 atom stereocenters. The van der Waals surface area contributed by atoms with E-state index in [2.05, 4.69) is 39.0 Å². The number of allylic oxidation sites excluding steroid dienone is 6. The molecule has 0 saturated carbocycles. The van der Waals surface area contributed by atoms with Crippen molar-refractivity contribution in [2.45, 2.75) is 54.9 Å². The van der Waals surface area contributed by atoms with Crippen molar-refractivity contribution < 1.29 is 0 Å². The largest absolute Gasteiger partial charge is 0.0778 e. The topological polar surface area (TPSA) is 0 Å². The van der Waals surface area contributed by atoms with Crippen molar-refractivity contribution in [1.82, 2.24) is 0 Å². The van der Waals surface area contributed by atoms with Gasteiger partial charge in [0.25, 0.3) is 0 Å². The van der Waals surface area contributed by atoms with Gasteiger partial charge in [-0.25, -0.2) is 0 Å². The van der Waals surface area contributed by atoms with E-state index in [1.54, 1.807) is 0 Å². The molecule has 1 aliphatic rings. The predicted molar refractivity (Wildman–Crippen MR) is 68.6 cm³/mol. The molecule has 0 N–H and O–H groups in total. The maximum Gasteiger partial charge on any atom is -0.0158 e. The third-order valence-corrected chi connectivity index (χ3v) is 1.93. The normalized spacial score (nSPS) is 14.4. The first-order chi connectivity index (χ1) is 6.70. The van der Waals surface area contributed by atoms with Crippen molar-refractivity contribution in [3.63, 3.8) is 0 Å². The summed E-state index contributed by atoms with van der Waals surface area (Å²) < 4.78 is 0. The lowest BCUT2D eigenvalue weighted by molar-refractivity contribution is 1.29. The first-order valence-electron chi connectivity index (χ1n) is 5.72. The molecule has 0 aromatic carbocycles. The van der Waals surface area contributed by atoms with Crippen molar-refractivity contribution in [2.75, 3.05) is 0 Å². The van der Waals surface area contributed by atoms with Crippen LogP contribution in [0.5, 0.6) is 0 Å². The monoisotopic (exact) mass is 194 g/mol. The summed E-state index contributed by atoms with van der Waals surface area (Å²) in [6.07, 6.45) is 7.84. The van der Waals surface area contributed by atoms with Gasteiger partial charge in [0.05, 0.1) is 0 Å². The molecule has 0 aromatic rings. The molecule has 0 aliphatic heterocycles. The van der Waals surface area contributed by atoms with Crippen molar-refractivity contribution in [2.24, 2.45) is 0 Å². The summed E-state index contributed by atoms with van der Waals surface area (Å²) in [6, 6.07) is 0. The highest BCUT2D eigenvalue weighted by Gasteiger charge is 1.95. The van der Waals surface area contributed by atoms with E-state index < -0.39 is 0 Å². The molecule has 0 unspecified atom stereocenters. The Hall–Kier alpha value is -0.780. The molecule has 82 valence electrons. The summed E-state index contributed by atoms with van der Waals surface area (Å²) in [6.45, 7) is 14.5. The van der Waals surface area contributed by atoms with Crippen molar-refractivity contribution in [1.29, 1.82) is 0 Å². The van der Waals surface area contributed by atoms with Gasteiger partial charge in [0.2, 0.25) is 0 Å². The smallest absolute Gasteiger partial charge is 0.0158 e. The zero-order valence-electron chi connectivity index (χ0n) is 10.9. The highest BCUT2D eigenvalue weighted by molar-refractivity contribution is 5.36. The van der Waals surface area contributed by atoms with Gasteiger partial charge in [-0.3, -0.25) is 0 Å². The van der Waals surface area contributed by atoms with Crippen LogP contribution >= 0.6 is 0 Å². The first-order valence-corrected chi connectivity index (χ1v) is 5.72. The van der Waals surface area contributed by atoms with E-state index in [9.17, 15) is 0 Å². The summed E-state index contributed by atoms with van der Waals surface area (Å²) in [5.41, 5.74) is 4.19. The Morgan fingerprint density at radius 3 is 1.79 bits per heavy atom. The van der Waals surface area contributed by atoms with Gasteiger partial charge in [-0.1, -0.05) is 57.1 Å². The molecule has 0 spiro atoms. The van der Waals surface area contributed by atoms with E-state index in [1.165, 1.54) is 16.7 Å². The van der Waals surface area contributed by atoms with Crippen LogP contribution < -0.4 is 0 Å². The Labute approximate surface area is 90.4 Å². The highest BCUT2D eigenvalue weighted by atomic mass is 14.0. The van der Waals surface area contributed by atoms with Crippen LogP contribution in [0, 0.1) is 0 Å². The van der Waals surface area contributed by atoms with E-state index in [4.69, 9.17) is 0 Å². The molecule has 0 nitrogen and oxygen atoms in total. The molecule has 0 bridgehead atoms. The minimum absolute atomic E-state index is 1.09. The van der Waals surface area contributed by atoms with Crippen molar-refractivity contribution in [3.8, 4) is 0 Å². The first kappa shape index (κ1) is 15.7. The Morgan fingerprint density at radius 1 is 0.786 bits per heavy atom. The zero-order chi connectivity index (χ0) is 11.6. The van der Waals surface area contributed by atoms with Gasteiger partial charge in [-0.05, 0) is 32.8 Å². The quantitative estimate of drug-likeness (QED) is 0.492. The molecular formula is C14H26. The second-order valence-electron chi connectivity index (χ2n) is 2.90. The highest BCUT2D eigenvalue weighted by Crippen LogP contribution is 2.16. The lowest BCUT2D eigenvalue weighted by Gasteiger charge is -1.96. The number of hydrogen-bond acceptors (Lipinski definition) is 0. The molecule has 0 heterocycles. The maximum atomic E-state index is 2.27. The number of hydrogen-bond donors (Lipinski definition) is 0. The van der Waals surface area contributed by atoms with Crippen LogP contribution in [0.4, 0.5) is 0 Å². The Bertz CT molecular complexity index is 214. The minimum atomic E-state index is 1.09. The van der Waals surface area contributed by atoms with Gasteiger partial charge >= 0.3 is 0 Å². The van der Waals surface area contributed by atoms with Crippen LogP contribution in [-0.2, 0) is 0 Å². The molecule has 0 saturated heterocycles. The van der Waals surface area contributed by atoms with Gasteiger partial charge < -0.3 is 0 Å². The van der Waals surface area contributed by atoms with E-state index in [-0.39, 0.29) is 0 Å². The molecular weight excluding hydrogens is 168 g/mol. The Balaban J connectivity index is 0. The summed E-state index contributed by atoms with van der Waals surface area (Å²) in [4.78, 5) is 0. The Morgan fingerprint density at radius 2 is 1.29 bits per heavy atom. The Kier molecular flexibility index (Phi) is 11.5. The van der Waals surface area contributed by atoms with Crippen molar-refractivity contribution >= 4 is 0 Å². The van der Waals surface area contributed by atoms with Crippen molar-refractivity contribution in [3.05, 3.63) is 34.9 Å². The van der Waals surface area contributed by atoms with E-state index in [0.717, 1.165) is 6.42 Å². The molecule has 0 amide bonds. The summed E-state index contributed by atoms with van der Waals surface area (Å²) >= 11 is 0. The average Bonchev–Trinajstić information content (AvgIpc) is 2.36. The van der Waals surface area contributed by atoms with Crippen LogP contribution in [0.1, 0.15) is 54.9 Å². The summed E-state index contributed by atoms with van der Waals surface area (Å²) in [7, 11) is 0. The third kappa shape index (κ3) is 6.71. The summed E-state index contributed by atoms with van der Waals surface area (Å²) in [5, 5.41) is 0. The molecule has 1 aliphatic carbocycles. The van der Waals surface area contributed by atoms with E-state index in [1.807, 2.05) is 27.7 Å². The van der Waals surface area contributed by atoms with Gasteiger partial charge in [-0.15, -0.1) is 0 Å². The summed E-state index contributed by atoms with van der Waals surface area (Å²) in [5.74, 6) is 0.